The van der Waals surface area contributed by atoms with E-state index in [2.05, 4.69) is 10.1 Å². The van der Waals surface area contributed by atoms with Gasteiger partial charge in [-0.1, -0.05) is 35.5 Å². The van der Waals surface area contributed by atoms with E-state index in [0.717, 1.165) is 16.8 Å². The Morgan fingerprint density at radius 3 is 2.54 bits per heavy atom. The van der Waals surface area contributed by atoms with E-state index in [1.807, 2.05) is 48.5 Å². The summed E-state index contributed by atoms with van der Waals surface area (Å²) in [6, 6.07) is 18.9. The Kier molecular flexibility index (Phi) is 8.04. The Labute approximate surface area is 215 Å². The summed E-state index contributed by atoms with van der Waals surface area (Å²) in [5.74, 6) is 1.34. The minimum Gasteiger partial charge on any atom is -0.473 e. The number of phosphoric acid groups is 1. The molecule has 0 fully saturated rings. The molecule has 10 nitrogen and oxygen atoms in total. The third-order valence-electron chi connectivity index (χ3n) is 5.12. The molecular formula is C26H30N4O6P+. The molecule has 194 valence electrons. The smallest absolute Gasteiger partial charge is 0.473 e. The van der Waals surface area contributed by atoms with Crippen LogP contribution in [-0.2, 0) is 33.4 Å². The van der Waals surface area contributed by atoms with Crippen LogP contribution in [-0.4, -0.2) is 20.6 Å². The number of ether oxygens (including phenoxy) is 1. The van der Waals surface area contributed by atoms with Crippen molar-refractivity contribution in [3.8, 4) is 17.2 Å². The number of benzene rings is 1. The number of phosphoric ester groups is 1. The lowest BCUT2D eigenvalue weighted by atomic mass is 10.1. The quantitative estimate of drug-likeness (QED) is 0.224. The molecule has 3 heterocycles. The van der Waals surface area contributed by atoms with E-state index in [1.54, 1.807) is 45.3 Å². The van der Waals surface area contributed by atoms with Gasteiger partial charge in [0.05, 0.1) is 17.5 Å². The summed E-state index contributed by atoms with van der Waals surface area (Å²) in [4.78, 5) is 14.1. The lowest BCUT2D eigenvalue weighted by molar-refractivity contribution is -0.712. The second-order valence-electron chi connectivity index (χ2n) is 9.34. The van der Waals surface area contributed by atoms with Crippen LogP contribution in [0.5, 0.6) is 5.88 Å². The fourth-order valence-corrected chi connectivity index (χ4v) is 4.48. The number of nitrogen functional groups attached to an aromatic ring is 1. The van der Waals surface area contributed by atoms with Crippen LogP contribution in [0.1, 0.15) is 37.6 Å². The predicted molar refractivity (Wildman–Crippen MR) is 136 cm³/mol. The van der Waals surface area contributed by atoms with Gasteiger partial charge in [-0.25, -0.2) is 18.6 Å². The molecule has 1 aromatic carbocycles. The normalized spacial score (nSPS) is 13.3. The van der Waals surface area contributed by atoms with E-state index in [4.69, 9.17) is 24.0 Å². The van der Waals surface area contributed by atoms with Crippen LogP contribution in [0.3, 0.4) is 0 Å². The van der Waals surface area contributed by atoms with Crippen LogP contribution in [0.4, 0.5) is 5.82 Å². The Morgan fingerprint density at radius 2 is 1.84 bits per heavy atom. The molecule has 1 unspecified atom stereocenters. The van der Waals surface area contributed by atoms with Gasteiger partial charge in [0.2, 0.25) is 12.6 Å². The van der Waals surface area contributed by atoms with Crippen molar-refractivity contribution < 1.29 is 32.3 Å². The molecule has 0 bridgehead atoms. The summed E-state index contributed by atoms with van der Waals surface area (Å²) in [5, 5.41) is 4.17. The van der Waals surface area contributed by atoms with Gasteiger partial charge in [-0.15, -0.1) is 0 Å². The van der Waals surface area contributed by atoms with Crippen molar-refractivity contribution in [3.63, 3.8) is 0 Å². The number of nitrogens with zero attached hydrogens (tertiary/aromatic N) is 3. The molecule has 0 aliphatic heterocycles. The van der Waals surface area contributed by atoms with Crippen molar-refractivity contribution in [2.24, 2.45) is 0 Å². The highest BCUT2D eigenvalue weighted by Crippen LogP contribution is 2.47. The molecule has 0 radical (unpaired) electrons. The molecule has 4 aromatic rings. The van der Waals surface area contributed by atoms with Gasteiger partial charge in [-0.3, -0.25) is 10.3 Å². The van der Waals surface area contributed by atoms with E-state index >= 15 is 0 Å². The Hall–Kier alpha value is -3.56. The largest absolute Gasteiger partial charge is 0.475 e. The average molecular weight is 526 g/mol. The first kappa shape index (κ1) is 26.5. The first-order valence-electron chi connectivity index (χ1n) is 11.6. The van der Waals surface area contributed by atoms with Gasteiger partial charge in [0.1, 0.15) is 12.2 Å². The Morgan fingerprint density at radius 1 is 1.08 bits per heavy atom. The van der Waals surface area contributed by atoms with Crippen LogP contribution in [0.15, 0.2) is 77.6 Å². The summed E-state index contributed by atoms with van der Waals surface area (Å²) >= 11 is 0. The summed E-state index contributed by atoms with van der Waals surface area (Å²) < 4.78 is 35.1. The molecule has 0 saturated carbocycles. The molecule has 3 aromatic heterocycles. The van der Waals surface area contributed by atoms with Gasteiger partial charge >= 0.3 is 7.82 Å². The number of hydrogen-bond donors (Lipinski definition) is 2. The standard InChI is InChI=1S/C26H29N4O6P/c1-26(2,3)36-37(31,32)34-18-30-14-6-7-22(25(30)27)23-16-21(29-35-23)15-19-9-11-20(12-10-19)17-33-24-8-4-5-13-28-24/h4-14,16,27H,15,17-18H2,1-3H3,(H,31,32)/p+1. The Balaban J connectivity index is 1.38. The van der Waals surface area contributed by atoms with Crippen molar-refractivity contribution in [1.82, 2.24) is 10.1 Å². The van der Waals surface area contributed by atoms with E-state index in [-0.39, 0.29) is 6.73 Å². The SMILES string of the molecule is CC(C)(C)OP(=O)(O)OC[n+]1cccc(-c2cc(Cc3ccc(COc4ccccn4)cc3)no2)c1N. The first-order valence-corrected chi connectivity index (χ1v) is 13.1. The molecule has 37 heavy (non-hydrogen) atoms. The molecule has 0 aliphatic rings. The molecule has 0 amide bonds. The fraction of sp³-hybridized carbons (Fsp3) is 0.269. The van der Waals surface area contributed by atoms with Crippen LogP contribution < -0.4 is 15.0 Å². The van der Waals surface area contributed by atoms with Gasteiger partial charge in [0.15, 0.2) is 5.76 Å². The van der Waals surface area contributed by atoms with Gasteiger partial charge in [-0.05, 0) is 50.1 Å². The molecule has 3 N–H and O–H groups in total. The zero-order valence-corrected chi connectivity index (χ0v) is 21.8. The summed E-state index contributed by atoms with van der Waals surface area (Å²) in [7, 11) is -4.27. The van der Waals surface area contributed by atoms with Crippen LogP contribution in [0.2, 0.25) is 0 Å². The van der Waals surface area contributed by atoms with Gasteiger partial charge in [0, 0.05) is 24.8 Å². The van der Waals surface area contributed by atoms with E-state index in [0.29, 0.717) is 36.0 Å². The molecule has 1 atom stereocenters. The second kappa shape index (κ2) is 11.2. The van der Waals surface area contributed by atoms with Crippen LogP contribution in [0.25, 0.3) is 11.3 Å². The fourth-order valence-electron chi connectivity index (χ4n) is 3.47. The molecule has 0 aliphatic carbocycles. The number of hydrogen-bond acceptors (Lipinski definition) is 8. The number of aromatic nitrogens is 3. The predicted octanol–water partition coefficient (Wildman–Crippen LogP) is 4.67. The van der Waals surface area contributed by atoms with Gasteiger partial charge < -0.3 is 14.2 Å². The zero-order valence-electron chi connectivity index (χ0n) is 20.9. The lowest BCUT2D eigenvalue weighted by Gasteiger charge is -2.22. The molecule has 4 rings (SSSR count). The highest BCUT2D eigenvalue weighted by molar-refractivity contribution is 7.47. The monoisotopic (exact) mass is 525 g/mol. The topological polar surface area (TPSA) is 134 Å². The molecule has 11 heteroatoms. The highest BCUT2D eigenvalue weighted by Gasteiger charge is 2.30. The number of pyridine rings is 2. The van der Waals surface area contributed by atoms with Gasteiger partial charge in [-0.2, -0.15) is 0 Å². The second-order valence-corrected chi connectivity index (χ2v) is 10.7. The van der Waals surface area contributed by atoms with E-state index < -0.39 is 13.4 Å². The molecule has 0 spiro atoms. The third kappa shape index (κ3) is 7.71. The Bertz CT molecular complexity index is 1370. The van der Waals surface area contributed by atoms with Crippen molar-refractivity contribution in [2.45, 2.75) is 46.1 Å². The average Bonchev–Trinajstić information content (AvgIpc) is 3.30. The third-order valence-corrected chi connectivity index (χ3v) is 6.34. The summed E-state index contributed by atoms with van der Waals surface area (Å²) in [6.45, 7) is 5.14. The maximum absolute atomic E-state index is 12.2. The lowest BCUT2D eigenvalue weighted by Crippen LogP contribution is -2.38. The van der Waals surface area contributed by atoms with Crippen LogP contribution in [0, 0.1) is 0 Å². The van der Waals surface area contributed by atoms with Crippen LogP contribution >= 0.6 is 7.82 Å². The van der Waals surface area contributed by atoms with Crippen molar-refractivity contribution in [1.29, 1.82) is 0 Å². The van der Waals surface area contributed by atoms with Gasteiger partial charge in [0.25, 0.3) is 5.82 Å². The minimum absolute atomic E-state index is 0.277. The van der Waals surface area contributed by atoms with Crippen molar-refractivity contribution in [3.05, 3.63) is 89.9 Å². The maximum Gasteiger partial charge on any atom is 0.475 e. The number of rotatable bonds is 10. The first-order chi connectivity index (χ1) is 17.6. The number of nitrogens with two attached hydrogens (primary N) is 1. The maximum atomic E-state index is 12.2. The number of anilines is 1. The minimum atomic E-state index is -4.27. The molecular weight excluding hydrogens is 495 g/mol. The molecule has 0 saturated heterocycles. The van der Waals surface area contributed by atoms with Crippen molar-refractivity contribution >= 4 is 13.6 Å². The summed E-state index contributed by atoms with van der Waals surface area (Å²) in [6.07, 6.45) is 3.89. The summed E-state index contributed by atoms with van der Waals surface area (Å²) in [5.41, 5.74) is 8.85. The highest BCUT2D eigenvalue weighted by atomic mass is 31.2. The van der Waals surface area contributed by atoms with E-state index in [1.165, 1.54) is 4.57 Å². The zero-order chi connectivity index (χ0) is 26.5. The van der Waals surface area contributed by atoms with Crippen molar-refractivity contribution in [2.75, 3.05) is 5.73 Å². The van der Waals surface area contributed by atoms with E-state index in [9.17, 15) is 9.46 Å².